The Kier molecular flexibility index (Phi) is 23.9. The number of aromatic nitrogens is 2. The molecule has 2 unspecified atom stereocenters. The van der Waals surface area contributed by atoms with E-state index in [1.807, 2.05) is 104 Å². The highest BCUT2D eigenvalue weighted by molar-refractivity contribution is 5.87. The van der Waals surface area contributed by atoms with Crippen LogP contribution in [0.1, 0.15) is 165 Å². The average molecular weight is 1270 g/mol. The maximum Gasteiger partial charge on any atom is 0.330 e. The zero-order valence-electron chi connectivity index (χ0n) is 56.9. The monoisotopic (exact) mass is 1260 g/mol. The molecule has 7 aromatic carbocycles. The molecule has 12 heteroatoms. The second kappa shape index (κ2) is 31.9. The molecule has 1 heterocycles. The smallest absolute Gasteiger partial charge is 0.330 e. The minimum absolute atomic E-state index is 0.0235. The van der Waals surface area contributed by atoms with Crippen molar-refractivity contribution in [1.82, 2.24) is 10.2 Å². The quantitative estimate of drug-likeness (QED) is 0.0144. The summed E-state index contributed by atoms with van der Waals surface area (Å²) in [6.07, 6.45) is 13.7. The Morgan fingerprint density at radius 3 is 1.62 bits per heavy atom. The van der Waals surface area contributed by atoms with Crippen molar-refractivity contribution in [3.8, 4) is 39.8 Å². The first-order chi connectivity index (χ1) is 44.8. The molecule has 0 amide bonds. The lowest BCUT2D eigenvalue weighted by Gasteiger charge is -2.39. The van der Waals surface area contributed by atoms with Gasteiger partial charge in [0.1, 0.15) is 25.6 Å². The van der Waals surface area contributed by atoms with Gasteiger partial charge in [-0.1, -0.05) is 212 Å². The largest absolute Gasteiger partial charge is 0.493 e. The maximum atomic E-state index is 14.5. The molecule has 8 aromatic rings. The van der Waals surface area contributed by atoms with Crippen LogP contribution in [0.15, 0.2) is 180 Å². The number of aryl methyl sites for hydroxylation is 1. The number of benzene rings is 7. The molecule has 0 N–H and O–H groups in total. The van der Waals surface area contributed by atoms with Crippen molar-refractivity contribution in [3.05, 3.63) is 226 Å². The molecule has 0 fully saturated rings. The number of carbonyl (C=O) groups is 4. The first kappa shape index (κ1) is 70.4. The standard InChI is InChI=1S/C82H92N2O10/c1-13-81(11,76(87)93-55-63-31-39-67(40-32-63)73-83-84-74(94-73)68-43-41-65(42-44-68)64-25-19-15-20-26-64)57-82(12,77(88)92-52-51-90-72(85)48-36-59-23-17-14-18-24-59)56-80(9,10)75(86)91-50-22-16-21-49-89-71-54-62(28-27-61-35-47-70(58(2)53-61)79(6,7)8)30-38-66(71)37-29-60-33-45-69(46-34-60)78(3,4)5/h14-15,17-20,23-48,53-54H,13,16,21-22,49-52,55-57H2,1-12H3/b28-27+,37-29+,48-36+. The highest BCUT2D eigenvalue weighted by atomic mass is 16.6. The van der Waals surface area contributed by atoms with Crippen molar-refractivity contribution in [1.29, 1.82) is 0 Å². The number of esters is 4. The van der Waals surface area contributed by atoms with Gasteiger partial charge in [0.25, 0.3) is 0 Å². The summed E-state index contributed by atoms with van der Waals surface area (Å²) in [6, 6.07) is 56.2. The minimum Gasteiger partial charge on any atom is -0.493 e. The van der Waals surface area contributed by atoms with Gasteiger partial charge >= 0.3 is 23.9 Å². The Morgan fingerprint density at radius 2 is 0.989 bits per heavy atom. The number of rotatable bonds is 29. The summed E-state index contributed by atoms with van der Waals surface area (Å²) in [5.74, 6) is -0.765. The van der Waals surface area contributed by atoms with Crippen molar-refractivity contribution in [2.24, 2.45) is 16.2 Å². The van der Waals surface area contributed by atoms with Crippen LogP contribution in [0.4, 0.5) is 0 Å². The lowest BCUT2D eigenvalue weighted by atomic mass is 9.65. The van der Waals surface area contributed by atoms with E-state index in [2.05, 4.69) is 156 Å². The first-order valence-corrected chi connectivity index (χ1v) is 32.7. The van der Waals surface area contributed by atoms with E-state index < -0.39 is 40.1 Å². The molecule has 0 aliphatic carbocycles. The Bertz CT molecular complexity index is 3900. The third-order valence-corrected chi connectivity index (χ3v) is 17.0. The topological polar surface area (TPSA) is 153 Å². The summed E-state index contributed by atoms with van der Waals surface area (Å²) >= 11 is 0. The number of hydrogen-bond acceptors (Lipinski definition) is 12. The van der Waals surface area contributed by atoms with Gasteiger partial charge in [-0.2, -0.15) is 0 Å². The first-order valence-electron chi connectivity index (χ1n) is 32.7. The van der Waals surface area contributed by atoms with Crippen LogP contribution < -0.4 is 4.74 Å². The van der Waals surface area contributed by atoms with Gasteiger partial charge in [-0.15, -0.1) is 10.2 Å². The average Bonchev–Trinajstić information content (AvgIpc) is 0.838. The van der Waals surface area contributed by atoms with Gasteiger partial charge in [0.2, 0.25) is 11.8 Å². The van der Waals surface area contributed by atoms with Crippen molar-refractivity contribution in [2.45, 2.75) is 139 Å². The highest BCUT2D eigenvalue weighted by Gasteiger charge is 2.50. The summed E-state index contributed by atoms with van der Waals surface area (Å²) < 4.78 is 35.8. The minimum atomic E-state index is -1.41. The third kappa shape index (κ3) is 20.0. The Balaban J connectivity index is 0.880. The fraction of sp³-hybridized carbons (Fsp3) is 0.341. The number of carbonyl (C=O) groups excluding carboxylic acids is 4. The number of ether oxygens (including phenoxy) is 5. The number of nitrogens with zero attached hydrogens (tertiary/aromatic N) is 2. The molecule has 0 spiro atoms. The number of unbranched alkanes of at least 4 members (excludes halogenated alkanes) is 2. The molecule has 0 bridgehead atoms. The zero-order chi connectivity index (χ0) is 67.5. The van der Waals surface area contributed by atoms with Gasteiger partial charge in [0, 0.05) is 22.8 Å². The molecule has 94 heavy (non-hydrogen) atoms. The fourth-order valence-electron chi connectivity index (χ4n) is 11.6. The Labute approximate surface area is 556 Å². The van der Waals surface area contributed by atoms with Crippen molar-refractivity contribution >= 4 is 54.3 Å². The van der Waals surface area contributed by atoms with E-state index in [1.54, 1.807) is 33.8 Å². The van der Waals surface area contributed by atoms with Gasteiger partial charge in [-0.05, 0) is 176 Å². The normalized spacial score (nSPS) is 13.4. The van der Waals surface area contributed by atoms with Crippen LogP contribution in [-0.4, -0.2) is 60.5 Å². The van der Waals surface area contributed by atoms with E-state index in [0.29, 0.717) is 43.2 Å². The molecule has 8 rings (SSSR count). The van der Waals surface area contributed by atoms with Crippen LogP contribution in [0.25, 0.3) is 64.4 Å². The van der Waals surface area contributed by atoms with Crippen LogP contribution in [0, 0.1) is 23.2 Å². The van der Waals surface area contributed by atoms with Gasteiger partial charge in [0.15, 0.2) is 0 Å². The lowest BCUT2D eigenvalue weighted by molar-refractivity contribution is -0.171. The molecule has 490 valence electrons. The summed E-state index contributed by atoms with van der Waals surface area (Å²) in [7, 11) is 0. The van der Waals surface area contributed by atoms with Gasteiger partial charge < -0.3 is 28.1 Å². The summed E-state index contributed by atoms with van der Waals surface area (Å²) in [5, 5.41) is 8.59. The van der Waals surface area contributed by atoms with Gasteiger partial charge in [-0.3, -0.25) is 14.4 Å². The molecular formula is C82H92N2O10. The molecule has 0 saturated heterocycles. The fourth-order valence-corrected chi connectivity index (χ4v) is 11.6. The summed E-state index contributed by atoms with van der Waals surface area (Å²) in [5.41, 5.74) is 9.59. The third-order valence-electron chi connectivity index (χ3n) is 17.0. The van der Waals surface area contributed by atoms with E-state index in [9.17, 15) is 19.2 Å². The second-order valence-electron chi connectivity index (χ2n) is 27.6. The van der Waals surface area contributed by atoms with Crippen LogP contribution in [-0.2, 0) is 55.6 Å². The summed E-state index contributed by atoms with van der Waals surface area (Å²) in [6.45, 7) is 24.4. The molecule has 0 saturated carbocycles. The van der Waals surface area contributed by atoms with E-state index in [0.717, 1.165) is 62.2 Å². The molecule has 0 aliphatic heterocycles. The number of hydrogen-bond donors (Lipinski definition) is 0. The molecule has 0 aliphatic rings. The summed E-state index contributed by atoms with van der Waals surface area (Å²) in [4.78, 5) is 55.5. The van der Waals surface area contributed by atoms with Crippen molar-refractivity contribution in [3.63, 3.8) is 0 Å². The van der Waals surface area contributed by atoms with E-state index >= 15 is 0 Å². The van der Waals surface area contributed by atoms with E-state index in [-0.39, 0.29) is 50.1 Å². The SMILES string of the molecule is CCC(C)(CC(C)(CC(C)(C)C(=O)OCCCCCOc1cc(/C=C/c2ccc(C(C)(C)C)c(C)c2)ccc1/C=C/c1ccc(C(C)(C)C)cc1)C(=O)OCCOC(=O)/C=C/c1ccccc1)C(=O)OCc1ccc(-c2nnc(-c3ccc(-c4ccccc4)cc3)o2)cc1. The molecule has 12 nitrogen and oxygen atoms in total. The zero-order valence-corrected chi connectivity index (χ0v) is 56.9. The Morgan fingerprint density at radius 1 is 0.457 bits per heavy atom. The Hall–Kier alpha value is -9.42. The van der Waals surface area contributed by atoms with Crippen LogP contribution >= 0.6 is 0 Å². The predicted molar refractivity (Wildman–Crippen MR) is 377 cm³/mol. The van der Waals surface area contributed by atoms with Crippen LogP contribution in [0.2, 0.25) is 0 Å². The predicted octanol–water partition coefficient (Wildman–Crippen LogP) is 19.2. The lowest BCUT2D eigenvalue weighted by Crippen LogP contribution is -2.44. The van der Waals surface area contributed by atoms with E-state index in [1.165, 1.54) is 22.8 Å². The molecule has 2 atom stereocenters. The van der Waals surface area contributed by atoms with Crippen molar-refractivity contribution < 1.29 is 47.3 Å². The highest BCUT2D eigenvalue weighted by Crippen LogP contribution is 2.46. The van der Waals surface area contributed by atoms with Gasteiger partial charge in [-0.25, -0.2) is 4.79 Å². The molecular weight excluding hydrogens is 1170 g/mol. The van der Waals surface area contributed by atoms with Crippen molar-refractivity contribution in [2.75, 3.05) is 26.4 Å². The van der Waals surface area contributed by atoms with E-state index in [4.69, 9.17) is 28.1 Å². The second-order valence-corrected chi connectivity index (χ2v) is 27.6. The van der Waals surface area contributed by atoms with Gasteiger partial charge in [0.05, 0.1) is 29.5 Å². The molecule has 1 aromatic heterocycles. The van der Waals surface area contributed by atoms with Crippen LogP contribution in [0.3, 0.4) is 0 Å². The maximum absolute atomic E-state index is 14.5. The van der Waals surface area contributed by atoms with Crippen LogP contribution in [0.5, 0.6) is 5.75 Å². The molecule has 0 radical (unpaired) electrons.